The molecule has 148 valence electrons. The zero-order valence-corrected chi connectivity index (χ0v) is 16.6. The van der Waals surface area contributed by atoms with E-state index in [-0.39, 0.29) is 0 Å². The fourth-order valence-electron chi connectivity index (χ4n) is 3.84. The highest BCUT2D eigenvalue weighted by Crippen LogP contribution is 2.30. The molecule has 0 atom stereocenters. The van der Waals surface area contributed by atoms with Gasteiger partial charge in [-0.3, -0.25) is 0 Å². The normalized spacial score (nSPS) is 11.1. The van der Waals surface area contributed by atoms with Crippen LogP contribution < -0.4 is 0 Å². The van der Waals surface area contributed by atoms with Crippen LogP contribution in [0.5, 0.6) is 0 Å². The molecule has 0 aliphatic rings. The molecule has 0 saturated carbocycles. The van der Waals surface area contributed by atoms with E-state index in [2.05, 4.69) is 99.0 Å². The Balaban J connectivity index is 0.000000552. The lowest BCUT2D eigenvalue weighted by Crippen LogP contribution is -2.37. The first kappa shape index (κ1) is 20.3. The van der Waals surface area contributed by atoms with Crippen LogP contribution >= 0.6 is 0 Å². The molecule has 0 aliphatic carbocycles. The lowest BCUT2D eigenvalue weighted by molar-refractivity contribution is -0.916. The van der Waals surface area contributed by atoms with Crippen molar-refractivity contribution in [2.24, 2.45) is 0 Å². The minimum absolute atomic E-state index is 0.933. The van der Waals surface area contributed by atoms with Gasteiger partial charge in [-0.1, -0.05) is 78.9 Å². The summed E-state index contributed by atoms with van der Waals surface area (Å²) >= 11 is 0. The van der Waals surface area contributed by atoms with E-state index in [1.54, 1.807) is 0 Å². The molecule has 0 aromatic heterocycles. The van der Waals surface area contributed by atoms with Crippen LogP contribution in [0.2, 0.25) is 0 Å². The number of hydrogen-bond donors (Lipinski definition) is 0. The summed E-state index contributed by atoms with van der Waals surface area (Å²) in [4.78, 5) is 8.25. The summed E-state index contributed by atoms with van der Waals surface area (Å²) in [7, 11) is 4.65. The van der Waals surface area contributed by atoms with E-state index < -0.39 is 5.09 Å². The Hall–Kier alpha value is -3.44. The summed E-state index contributed by atoms with van der Waals surface area (Å²) < 4.78 is 0.933. The van der Waals surface area contributed by atoms with Gasteiger partial charge < -0.3 is 19.8 Å². The molecule has 4 aromatic rings. The van der Waals surface area contributed by atoms with Crippen molar-refractivity contribution in [3.05, 3.63) is 111 Å². The molecule has 0 spiro atoms. The smallest absolute Gasteiger partial charge is 0.105 e. The van der Waals surface area contributed by atoms with Gasteiger partial charge in [0.2, 0.25) is 0 Å². The van der Waals surface area contributed by atoms with Crippen LogP contribution in [0, 0.1) is 15.3 Å². The van der Waals surface area contributed by atoms with Crippen molar-refractivity contribution in [3.8, 4) is 0 Å². The number of hydrogen-bond acceptors (Lipinski definition) is 3. The number of quaternary nitrogens is 1. The van der Waals surface area contributed by atoms with E-state index >= 15 is 0 Å². The Morgan fingerprint density at radius 3 is 1.69 bits per heavy atom. The zero-order chi connectivity index (χ0) is 20.9. The molecule has 5 nitrogen and oxygen atoms in total. The largest absolute Gasteiger partial charge is 0.356 e. The lowest BCUT2D eigenvalue weighted by Gasteiger charge is -2.31. The third-order valence-corrected chi connectivity index (χ3v) is 4.92. The topological polar surface area (TPSA) is 66.2 Å². The minimum atomic E-state index is -1.75. The Labute approximate surface area is 170 Å². The second kappa shape index (κ2) is 8.71. The maximum atomic E-state index is 8.25. The van der Waals surface area contributed by atoms with Gasteiger partial charge in [0.05, 0.1) is 19.2 Å². The van der Waals surface area contributed by atoms with E-state index in [1.807, 2.05) is 0 Å². The van der Waals surface area contributed by atoms with Crippen molar-refractivity contribution in [2.45, 2.75) is 13.1 Å². The van der Waals surface area contributed by atoms with Crippen LogP contribution in [0.25, 0.3) is 21.5 Å². The van der Waals surface area contributed by atoms with Crippen LogP contribution in [0.15, 0.2) is 84.9 Å². The van der Waals surface area contributed by atoms with Crippen molar-refractivity contribution in [1.82, 2.24) is 0 Å². The Morgan fingerprint density at radius 1 is 0.724 bits per heavy atom. The minimum Gasteiger partial charge on any atom is -0.356 e. The van der Waals surface area contributed by atoms with Gasteiger partial charge in [-0.25, -0.2) is 0 Å². The number of fused-ring (bicyclic) bond motifs is 2. The highest BCUT2D eigenvalue weighted by atomic mass is 16.9. The van der Waals surface area contributed by atoms with Crippen molar-refractivity contribution in [2.75, 3.05) is 14.1 Å². The monoisotopic (exact) mass is 388 g/mol. The predicted molar refractivity (Wildman–Crippen MR) is 118 cm³/mol. The highest BCUT2D eigenvalue weighted by molar-refractivity contribution is 6.02. The second-order valence-corrected chi connectivity index (χ2v) is 7.76. The van der Waals surface area contributed by atoms with Crippen LogP contribution in [0.1, 0.15) is 11.1 Å². The van der Waals surface area contributed by atoms with E-state index in [0.717, 1.165) is 17.6 Å². The highest BCUT2D eigenvalue weighted by Gasteiger charge is 2.20. The third-order valence-electron chi connectivity index (χ3n) is 4.92. The average molecular weight is 388 g/mol. The third kappa shape index (κ3) is 5.30. The summed E-state index contributed by atoms with van der Waals surface area (Å²) in [5, 5.41) is 20.2. The first-order valence-electron chi connectivity index (χ1n) is 9.42. The maximum Gasteiger partial charge on any atom is 0.105 e. The molecule has 0 amide bonds. The lowest BCUT2D eigenvalue weighted by atomic mass is 9.96. The van der Waals surface area contributed by atoms with Gasteiger partial charge in [0, 0.05) is 11.1 Å². The summed E-state index contributed by atoms with van der Waals surface area (Å²) in [5.41, 5.74) is 2.84. The Morgan fingerprint density at radius 2 is 1.17 bits per heavy atom. The van der Waals surface area contributed by atoms with Crippen LogP contribution in [0.3, 0.4) is 0 Å². The molecule has 0 heterocycles. The van der Waals surface area contributed by atoms with Crippen LogP contribution in [-0.2, 0) is 13.1 Å². The van der Waals surface area contributed by atoms with E-state index in [1.165, 1.54) is 32.7 Å². The molecule has 0 saturated heterocycles. The number of benzene rings is 4. The molecule has 0 aliphatic heterocycles. The summed E-state index contributed by atoms with van der Waals surface area (Å²) in [6.07, 6.45) is 0. The SMILES string of the molecule is C[N+](C)(Cc1ccccc1)Cc1c2ccccc2cc2ccccc12.O=[N+]([O-])[O-]. The zero-order valence-electron chi connectivity index (χ0n) is 16.6. The van der Waals surface area contributed by atoms with Crippen molar-refractivity contribution < 1.29 is 9.57 Å². The van der Waals surface area contributed by atoms with Gasteiger partial charge in [0.15, 0.2) is 0 Å². The van der Waals surface area contributed by atoms with E-state index in [0.29, 0.717) is 0 Å². The molecule has 0 N–H and O–H groups in total. The fourth-order valence-corrected chi connectivity index (χ4v) is 3.84. The van der Waals surface area contributed by atoms with Gasteiger partial charge in [-0.2, -0.15) is 0 Å². The van der Waals surface area contributed by atoms with Gasteiger partial charge in [-0.15, -0.1) is 0 Å². The molecule has 29 heavy (non-hydrogen) atoms. The molecule has 0 unspecified atom stereocenters. The Bertz CT molecular complexity index is 1070. The second-order valence-electron chi connectivity index (χ2n) is 7.76. The molecular weight excluding hydrogens is 364 g/mol. The maximum absolute atomic E-state index is 8.25. The standard InChI is InChI=1S/C24H24N.NO3/c1-25(2,17-19-10-4-3-5-11-19)18-24-22-14-8-6-12-20(22)16-21-13-7-9-15-23(21)24;2-1(3)4/h3-16H,17-18H2,1-2H3;/q+1;-1. The van der Waals surface area contributed by atoms with Crippen molar-refractivity contribution in [1.29, 1.82) is 0 Å². The van der Waals surface area contributed by atoms with Gasteiger partial charge in [0.25, 0.3) is 0 Å². The van der Waals surface area contributed by atoms with Crippen LogP contribution in [0.4, 0.5) is 0 Å². The summed E-state index contributed by atoms with van der Waals surface area (Å²) in [5.74, 6) is 0. The number of rotatable bonds is 4. The predicted octanol–water partition coefficient (Wildman–Crippen LogP) is 5.53. The molecular formula is C24H24N2O3. The number of nitrogens with zero attached hydrogens (tertiary/aromatic N) is 2. The molecule has 4 aromatic carbocycles. The van der Waals surface area contributed by atoms with E-state index in [4.69, 9.17) is 15.3 Å². The molecule has 0 radical (unpaired) electrons. The summed E-state index contributed by atoms with van der Waals surface area (Å²) in [6.45, 7) is 2.04. The molecule has 4 rings (SSSR count). The van der Waals surface area contributed by atoms with Gasteiger partial charge in [0.1, 0.15) is 13.1 Å². The van der Waals surface area contributed by atoms with Crippen molar-refractivity contribution >= 4 is 21.5 Å². The fraction of sp³-hybridized carbons (Fsp3) is 0.167. The average Bonchev–Trinajstić information content (AvgIpc) is 2.68. The van der Waals surface area contributed by atoms with E-state index in [9.17, 15) is 0 Å². The first-order chi connectivity index (χ1) is 13.9. The van der Waals surface area contributed by atoms with Gasteiger partial charge >= 0.3 is 0 Å². The first-order valence-corrected chi connectivity index (χ1v) is 9.42. The van der Waals surface area contributed by atoms with Crippen LogP contribution in [-0.4, -0.2) is 23.7 Å². The van der Waals surface area contributed by atoms with Gasteiger partial charge in [-0.05, 0) is 27.6 Å². The molecule has 0 fully saturated rings. The summed E-state index contributed by atoms with van der Waals surface area (Å²) in [6, 6.07) is 30.6. The van der Waals surface area contributed by atoms with Crippen molar-refractivity contribution in [3.63, 3.8) is 0 Å². The molecule has 0 bridgehead atoms. The molecule has 5 heteroatoms. The Kier molecular flexibility index (Phi) is 6.10. The quantitative estimate of drug-likeness (QED) is 0.200.